The maximum atomic E-state index is 13.1. The largest absolute Gasteiger partial charge is 0.368 e. The van der Waals surface area contributed by atoms with Crippen LogP contribution in [-0.2, 0) is 22.4 Å². The fourth-order valence-corrected chi connectivity index (χ4v) is 2.18. The molecular weight excluding hydrogens is 340 g/mol. The van der Waals surface area contributed by atoms with E-state index in [0.717, 1.165) is 12.1 Å². The van der Waals surface area contributed by atoms with Gasteiger partial charge in [0, 0.05) is 12.6 Å². The number of carbonyl (C=O) groups is 2. The minimum absolute atomic E-state index is 0.142. The standard InChI is InChI=1S/C16H14ClF2N3O2/c17-14-4-2-10(8-21-14)6-13(16(20)24)22-15(23)7-9-1-3-11(18)12(19)5-9/h1-5,8,13H,6-7H2,(H2,20,24)(H,22,23)/t13-/m0/s1. The highest BCUT2D eigenvalue weighted by atomic mass is 35.5. The second-order valence-electron chi connectivity index (χ2n) is 5.14. The van der Waals surface area contributed by atoms with Gasteiger partial charge in [-0.15, -0.1) is 0 Å². The molecule has 0 spiro atoms. The Bertz CT molecular complexity index is 753. The Labute approximate surface area is 141 Å². The van der Waals surface area contributed by atoms with Crippen molar-refractivity contribution in [2.45, 2.75) is 18.9 Å². The van der Waals surface area contributed by atoms with Gasteiger partial charge in [-0.25, -0.2) is 13.8 Å². The lowest BCUT2D eigenvalue weighted by Gasteiger charge is -2.15. The van der Waals surface area contributed by atoms with Crippen LogP contribution >= 0.6 is 11.6 Å². The topological polar surface area (TPSA) is 85.1 Å². The summed E-state index contributed by atoms with van der Waals surface area (Å²) in [5.74, 6) is -3.29. The van der Waals surface area contributed by atoms with Gasteiger partial charge in [0.05, 0.1) is 6.42 Å². The average Bonchev–Trinajstić information content (AvgIpc) is 2.52. The second kappa shape index (κ2) is 7.83. The fourth-order valence-electron chi connectivity index (χ4n) is 2.07. The lowest BCUT2D eigenvalue weighted by Crippen LogP contribution is -2.46. The molecule has 0 radical (unpaired) electrons. The van der Waals surface area contributed by atoms with Crippen molar-refractivity contribution in [2.24, 2.45) is 5.73 Å². The number of pyridine rings is 1. The molecule has 0 saturated carbocycles. The number of nitrogens with two attached hydrogens (primary N) is 1. The van der Waals surface area contributed by atoms with Crippen molar-refractivity contribution in [1.29, 1.82) is 0 Å². The quantitative estimate of drug-likeness (QED) is 0.776. The third kappa shape index (κ3) is 4.99. The Morgan fingerprint density at radius 1 is 1.17 bits per heavy atom. The summed E-state index contributed by atoms with van der Waals surface area (Å²) < 4.78 is 26.0. The normalized spacial score (nSPS) is 11.8. The molecule has 3 N–H and O–H groups in total. The number of halogens is 3. The minimum Gasteiger partial charge on any atom is -0.368 e. The molecule has 0 aliphatic heterocycles. The summed E-state index contributed by atoms with van der Waals surface area (Å²) in [6.07, 6.45) is 1.41. The molecule has 0 bridgehead atoms. The molecule has 1 aromatic heterocycles. The van der Waals surface area contributed by atoms with Crippen molar-refractivity contribution < 1.29 is 18.4 Å². The molecule has 1 atom stereocenters. The van der Waals surface area contributed by atoms with Gasteiger partial charge in [0.15, 0.2) is 11.6 Å². The van der Waals surface area contributed by atoms with E-state index in [9.17, 15) is 18.4 Å². The number of benzene rings is 1. The summed E-state index contributed by atoms with van der Waals surface area (Å²) in [5, 5.41) is 2.77. The van der Waals surface area contributed by atoms with Crippen molar-refractivity contribution >= 4 is 23.4 Å². The smallest absolute Gasteiger partial charge is 0.240 e. The van der Waals surface area contributed by atoms with Crippen molar-refractivity contribution in [1.82, 2.24) is 10.3 Å². The van der Waals surface area contributed by atoms with E-state index in [1.165, 1.54) is 12.3 Å². The van der Waals surface area contributed by atoms with Gasteiger partial charge in [-0.3, -0.25) is 9.59 Å². The molecule has 2 aromatic rings. The summed E-state index contributed by atoms with van der Waals surface area (Å²) in [6, 6.07) is 5.41. The molecule has 24 heavy (non-hydrogen) atoms. The number of nitrogens with zero attached hydrogens (tertiary/aromatic N) is 1. The summed E-state index contributed by atoms with van der Waals surface area (Å²) in [7, 11) is 0. The first-order chi connectivity index (χ1) is 11.3. The number of hydrogen-bond acceptors (Lipinski definition) is 3. The van der Waals surface area contributed by atoms with Crippen LogP contribution in [-0.4, -0.2) is 22.8 Å². The molecule has 0 unspecified atom stereocenters. The van der Waals surface area contributed by atoms with Crippen LogP contribution in [0.3, 0.4) is 0 Å². The van der Waals surface area contributed by atoms with Crippen LogP contribution in [0.4, 0.5) is 8.78 Å². The first-order valence-corrected chi connectivity index (χ1v) is 7.36. The number of aromatic nitrogens is 1. The molecule has 0 aliphatic rings. The highest BCUT2D eigenvalue weighted by Gasteiger charge is 2.19. The van der Waals surface area contributed by atoms with E-state index in [0.29, 0.717) is 10.7 Å². The predicted octanol–water partition coefficient (Wildman–Crippen LogP) is 1.77. The Balaban J connectivity index is 2.01. The Morgan fingerprint density at radius 2 is 1.88 bits per heavy atom. The number of nitrogens with one attached hydrogen (secondary N) is 1. The zero-order valence-corrected chi connectivity index (χ0v) is 13.2. The van der Waals surface area contributed by atoms with E-state index >= 15 is 0 Å². The van der Waals surface area contributed by atoms with Crippen LogP contribution < -0.4 is 11.1 Å². The number of carbonyl (C=O) groups excluding carboxylic acids is 2. The lowest BCUT2D eigenvalue weighted by atomic mass is 10.1. The van der Waals surface area contributed by atoms with Gasteiger partial charge < -0.3 is 11.1 Å². The van der Waals surface area contributed by atoms with Crippen LogP contribution in [0.15, 0.2) is 36.5 Å². The van der Waals surface area contributed by atoms with Crippen molar-refractivity contribution in [3.63, 3.8) is 0 Å². The SMILES string of the molecule is NC(=O)[C@H](Cc1ccc(Cl)nc1)NC(=O)Cc1ccc(F)c(F)c1. The maximum Gasteiger partial charge on any atom is 0.240 e. The van der Waals surface area contributed by atoms with E-state index in [1.807, 2.05) is 0 Å². The van der Waals surface area contributed by atoms with Crippen LogP contribution in [0.5, 0.6) is 0 Å². The van der Waals surface area contributed by atoms with Gasteiger partial charge in [-0.1, -0.05) is 23.7 Å². The average molecular weight is 354 g/mol. The van der Waals surface area contributed by atoms with Crippen LogP contribution in [0.25, 0.3) is 0 Å². The van der Waals surface area contributed by atoms with Gasteiger partial charge in [-0.2, -0.15) is 0 Å². The molecule has 1 aromatic carbocycles. The predicted molar refractivity (Wildman–Crippen MR) is 84.1 cm³/mol. The van der Waals surface area contributed by atoms with E-state index in [4.69, 9.17) is 17.3 Å². The van der Waals surface area contributed by atoms with E-state index in [1.54, 1.807) is 12.1 Å². The zero-order chi connectivity index (χ0) is 17.7. The van der Waals surface area contributed by atoms with Gasteiger partial charge in [0.25, 0.3) is 0 Å². The summed E-state index contributed by atoms with van der Waals surface area (Å²) in [6.45, 7) is 0. The third-order valence-corrected chi connectivity index (χ3v) is 3.48. The second-order valence-corrected chi connectivity index (χ2v) is 5.53. The first kappa shape index (κ1) is 17.8. The molecule has 2 rings (SSSR count). The van der Waals surface area contributed by atoms with Gasteiger partial charge in [0.2, 0.25) is 11.8 Å². The maximum absolute atomic E-state index is 13.1. The minimum atomic E-state index is -1.04. The molecule has 0 aliphatic carbocycles. The molecule has 2 amide bonds. The number of amides is 2. The Hall–Kier alpha value is -2.54. The van der Waals surface area contributed by atoms with E-state index < -0.39 is 29.5 Å². The van der Waals surface area contributed by atoms with Crippen LogP contribution in [0, 0.1) is 11.6 Å². The molecular formula is C16H14ClF2N3O2. The summed E-state index contributed by atoms with van der Waals surface area (Å²) in [4.78, 5) is 27.4. The molecule has 5 nitrogen and oxygen atoms in total. The summed E-state index contributed by atoms with van der Waals surface area (Å²) in [5.41, 5.74) is 6.23. The molecule has 8 heteroatoms. The monoisotopic (exact) mass is 353 g/mol. The molecule has 1 heterocycles. The lowest BCUT2D eigenvalue weighted by molar-refractivity contribution is -0.127. The highest BCUT2D eigenvalue weighted by Crippen LogP contribution is 2.10. The number of rotatable bonds is 6. The van der Waals surface area contributed by atoms with E-state index in [-0.39, 0.29) is 18.4 Å². The van der Waals surface area contributed by atoms with Crippen molar-refractivity contribution in [3.8, 4) is 0 Å². The molecule has 0 saturated heterocycles. The van der Waals surface area contributed by atoms with Crippen LogP contribution in [0.1, 0.15) is 11.1 Å². The molecule has 0 fully saturated rings. The molecule has 126 valence electrons. The van der Waals surface area contributed by atoms with Crippen molar-refractivity contribution in [3.05, 3.63) is 64.4 Å². The Kier molecular flexibility index (Phi) is 5.81. The van der Waals surface area contributed by atoms with Crippen molar-refractivity contribution in [2.75, 3.05) is 0 Å². The third-order valence-electron chi connectivity index (χ3n) is 3.26. The fraction of sp³-hybridized carbons (Fsp3) is 0.188. The van der Waals surface area contributed by atoms with Crippen LogP contribution in [0.2, 0.25) is 5.15 Å². The first-order valence-electron chi connectivity index (χ1n) is 6.98. The number of primary amides is 1. The van der Waals surface area contributed by atoms with Gasteiger partial charge in [0.1, 0.15) is 11.2 Å². The highest BCUT2D eigenvalue weighted by molar-refractivity contribution is 6.29. The van der Waals surface area contributed by atoms with E-state index in [2.05, 4.69) is 10.3 Å². The van der Waals surface area contributed by atoms with Gasteiger partial charge in [-0.05, 0) is 29.3 Å². The summed E-state index contributed by atoms with van der Waals surface area (Å²) >= 11 is 5.68. The van der Waals surface area contributed by atoms with Gasteiger partial charge >= 0.3 is 0 Å². The Morgan fingerprint density at radius 3 is 2.46 bits per heavy atom. The number of hydrogen-bond donors (Lipinski definition) is 2. The zero-order valence-electron chi connectivity index (χ0n) is 12.4.